The van der Waals surface area contributed by atoms with Gasteiger partial charge in [-0.25, -0.2) is 9.48 Å². The molecule has 110 valence electrons. The van der Waals surface area contributed by atoms with Gasteiger partial charge in [-0.3, -0.25) is 9.59 Å². The van der Waals surface area contributed by atoms with Crippen molar-refractivity contribution in [1.82, 2.24) is 15.1 Å². The standard InChI is InChI=1S/C12H17N3O5/c1-12(2,11(18)19)13-10(17)8-4-5-9(16)15(14-8)6-7-20-3/h4-5H,6-7H2,1-3H3,(H,13,17)(H,18,19). The highest BCUT2D eigenvalue weighted by Crippen LogP contribution is 2.03. The lowest BCUT2D eigenvalue weighted by atomic mass is 10.1. The molecule has 0 unspecified atom stereocenters. The lowest BCUT2D eigenvalue weighted by Gasteiger charge is -2.20. The van der Waals surface area contributed by atoms with E-state index < -0.39 is 17.4 Å². The van der Waals surface area contributed by atoms with Gasteiger partial charge in [0.2, 0.25) is 0 Å². The van der Waals surface area contributed by atoms with E-state index >= 15 is 0 Å². The summed E-state index contributed by atoms with van der Waals surface area (Å²) in [5.41, 5.74) is -1.82. The van der Waals surface area contributed by atoms with Gasteiger partial charge in [0.15, 0.2) is 0 Å². The summed E-state index contributed by atoms with van der Waals surface area (Å²) in [5, 5.41) is 15.1. The number of aromatic nitrogens is 2. The maximum atomic E-state index is 11.9. The van der Waals surface area contributed by atoms with Crippen LogP contribution >= 0.6 is 0 Å². The van der Waals surface area contributed by atoms with Crippen LogP contribution in [-0.2, 0) is 16.1 Å². The number of aliphatic carboxylic acids is 1. The van der Waals surface area contributed by atoms with E-state index in [1.807, 2.05) is 0 Å². The minimum atomic E-state index is -1.42. The Morgan fingerprint density at radius 1 is 1.45 bits per heavy atom. The molecule has 0 aromatic carbocycles. The summed E-state index contributed by atoms with van der Waals surface area (Å²) in [6.45, 7) is 3.19. The molecule has 0 spiro atoms. The van der Waals surface area contributed by atoms with E-state index in [2.05, 4.69) is 10.4 Å². The zero-order chi connectivity index (χ0) is 15.3. The number of carboxylic acids is 1. The fourth-order valence-corrected chi connectivity index (χ4v) is 1.31. The van der Waals surface area contributed by atoms with Crippen LogP contribution in [0.5, 0.6) is 0 Å². The number of amides is 1. The molecular formula is C12H17N3O5. The maximum Gasteiger partial charge on any atom is 0.328 e. The van der Waals surface area contributed by atoms with E-state index in [-0.39, 0.29) is 24.4 Å². The Morgan fingerprint density at radius 3 is 2.65 bits per heavy atom. The molecule has 20 heavy (non-hydrogen) atoms. The van der Waals surface area contributed by atoms with Crippen molar-refractivity contribution in [3.05, 3.63) is 28.2 Å². The normalized spacial score (nSPS) is 11.2. The van der Waals surface area contributed by atoms with Crippen molar-refractivity contribution >= 4 is 11.9 Å². The Kier molecular flexibility index (Phi) is 4.98. The summed E-state index contributed by atoms with van der Waals surface area (Å²) in [6.07, 6.45) is 0. The van der Waals surface area contributed by atoms with Gasteiger partial charge in [-0.15, -0.1) is 0 Å². The van der Waals surface area contributed by atoms with Gasteiger partial charge >= 0.3 is 5.97 Å². The molecular weight excluding hydrogens is 266 g/mol. The van der Waals surface area contributed by atoms with E-state index in [4.69, 9.17) is 9.84 Å². The highest BCUT2D eigenvalue weighted by Gasteiger charge is 2.29. The topological polar surface area (TPSA) is 111 Å². The maximum absolute atomic E-state index is 11.9. The minimum absolute atomic E-state index is 0.0324. The van der Waals surface area contributed by atoms with Gasteiger partial charge in [0.05, 0.1) is 13.2 Å². The van der Waals surface area contributed by atoms with Crippen LogP contribution < -0.4 is 10.9 Å². The lowest BCUT2D eigenvalue weighted by Crippen LogP contribution is -2.50. The molecule has 1 aromatic rings. The number of nitrogens with one attached hydrogen (secondary N) is 1. The molecule has 1 amide bonds. The summed E-state index contributed by atoms with van der Waals surface area (Å²) < 4.78 is 5.92. The van der Waals surface area contributed by atoms with Crippen molar-refractivity contribution in [2.75, 3.05) is 13.7 Å². The highest BCUT2D eigenvalue weighted by molar-refractivity contribution is 5.95. The van der Waals surface area contributed by atoms with Gasteiger partial charge in [0, 0.05) is 13.2 Å². The first-order valence-electron chi connectivity index (χ1n) is 5.91. The van der Waals surface area contributed by atoms with Crippen LogP contribution in [0.3, 0.4) is 0 Å². The second-order valence-electron chi connectivity index (χ2n) is 4.66. The third kappa shape index (κ3) is 3.89. The van der Waals surface area contributed by atoms with Crippen molar-refractivity contribution < 1.29 is 19.4 Å². The van der Waals surface area contributed by atoms with Crippen LogP contribution in [0.2, 0.25) is 0 Å². The summed E-state index contributed by atoms with van der Waals surface area (Å²) in [7, 11) is 1.48. The molecule has 0 radical (unpaired) electrons. The average molecular weight is 283 g/mol. The number of carboxylic acid groups (broad SMARTS) is 1. The molecule has 2 N–H and O–H groups in total. The van der Waals surface area contributed by atoms with E-state index in [1.165, 1.54) is 33.1 Å². The molecule has 0 bridgehead atoms. The van der Waals surface area contributed by atoms with E-state index in [9.17, 15) is 14.4 Å². The van der Waals surface area contributed by atoms with Gasteiger partial charge in [-0.1, -0.05) is 0 Å². The van der Waals surface area contributed by atoms with Crippen LogP contribution in [-0.4, -0.2) is 46.0 Å². The third-order valence-electron chi connectivity index (χ3n) is 2.57. The summed E-state index contributed by atoms with van der Waals surface area (Å²) in [4.78, 5) is 34.4. The molecule has 0 aliphatic carbocycles. The van der Waals surface area contributed by atoms with Gasteiger partial charge in [-0.2, -0.15) is 5.10 Å². The molecule has 0 fully saturated rings. The van der Waals surface area contributed by atoms with E-state index in [0.29, 0.717) is 0 Å². The second kappa shape index (κ2) is 6.29. The van der Waals surface area contributed by atoms with E-state index in [1.54, 1.807) is 0 Å². The summed E-state index contributed by atoms with van der Waals surface area (Å²) >= 11 is 0. The molecule has 1 rings (SSSR count). The Morgan fingerprint density at radius 2 is 2.10 bits per heavy atom. The van der Waals surface area contributed by atoms with E-state index in [0.717, 1.165) is 4.68 Å². The summed E-state index contributed by atoms with van der Waals surface area (Å²) in [5.74, 6) is -1.83. The largest absolute Gasteiger partial charge is 0.480 e. The number of hydrogen-bond donors (Lipinski definition) is 2. The number of rotatable bonds is 6. The van der Waals surface area contributed by atoms with Crippen LogP contribution in [0.4, 0.5) is 0 Å². The van der Waals surface area contributed by atoms with Crippen LogP contribution in [0.15, 0.2) is 16.9 Å². The monoisotopic (exact) mass is 283 g/mol. The smallest absolute Gasteiger partial charge is 0.328 e. The Balaban J connectivity index is 2.94. The van der Waals surface area contributed by atoms with Gasteiger partial charge in [-0.05, 0) is 19.9 Å². The second-order valence-corrected chi connectivity index (χ2v) is 4.66. The number of hydrogen-bond acceptors (Lipinski definition) is 5. The van der Waals surface area contributed by atoms with Crippen molar-refractivity contribution in [2.45, 2.75) is 25.9 Å². The molecule has 0 aliphatic heterocycles. The zero-order valence-corrected chi connectivity index (χ0v) is 11.5. The quantitative estimate of drug-likeness (QED) is 0.727. The highest BCUT2D eigenvalue weighted by atomic mass is 16.5. The third-order valence-corrected chi connectivity index (χ3v) is 2.57. The van der Waals surface area contributed by atoms with Crippen LogP contribution in [0, 0.1) is 0 Å². The first kappa shape index (κ1) is 15.8. The first-order valence-corrected chi connectivity index (χ1v) is 5.91. The van der Waals surface area contributed by atoms with Gasteiger partial charge in [0.25, 0.3) is 11.5 Å². The van der Waals surface area contributed by atoms with Crippen molar-refractivity contribution in [3.63, 3.8) is 0 Å². The number of ether oxygens (including phenoxy) is 1. The molecule has 8 nitrogen and oxygen atoms in total. The molecule has 1 heterocycles. The lowest BCUT2D eigenvalue weighted by molar-refractivity contribution is -0.143. The SMILES string of the molecule is COCCn1nc(C(=O)NC(C)(C)C(=O)O)ccc1=O. The molecule has 0 saturated heterocycles. The summed E-state index contributed by atoms with van der Waals surface area (Å²) in [6, 6.07) is 2.45. The van der Waals surface area contributed by atoms with Crippen molar-refractivity contribution in [1.29, 1.82) is 0 Å². The molecule has 0 aliphatic rings. The molecule has 0 saturated carbocycles. The van der Waals surface area contributed by atoms with Gasteiger partial charge in [0.1, 0.15) is 11.2 Å². The predicted octanol–water partition coefficient (Wildman–Crippen LogP) is -0.517. The molecule has 0 atom stereocenters. The number of carbonyl (C=O) groups excluding carboxylic acids is 1. The number of carbonyl (C=O) groups is 2. The molecule has 8 heteroatoms. The Labute approximate surface area is 115 Å². The first-order chi connectivity index (χ1) is 9.27. The number of methoxy groups -OCH3 is 1. The predicted molar refractivity (Wildman–Crippen MR) is 69.6 cm³/mol. The fourth-order valence-electron chi connectivity index (χ4n) is 1.31. The number of nitrogens with zero attached hydrogens (tertiary/aromatic N) is 2. The Bertz CT molecular complexity index is 564. The van der Waals surface area contributed by atoms with Gasteiger partial charge < -0.3 is 15.2 Å². The molecule has 1 aromatic heterocycles. The zero-order valence-electron chi connectivity index (χ0n) is 11.5. The van der Waals surface area contributed by atoms with Crippen molar-refractivity contribution in [2.24, 2.45) is 0 Å². The minimum Gasteiger partial charge on any atom is -0.480 e. The van der Waals surface area contributed by atoms with Crippen LogP contribution in [0.25, 0.3) is 0 Å². The van der Waals surface area contributed by atoms with Crippen LogP contribution in [0.1, 0.15) is 24.3 Å². The Hall–Kier alpha value is -2.22. The van der Waals surface area contributed by atoms with Crippen molar-refractivity contribution in [3.8, 4) is 0 Å². The fraction of sp³-hybridized carbons (Fsp3) is 0.500. The average Bonchev–Trinajstić information content (AvgIpc) is 2.37.